The van der Waals surface area contributed by atoms with Crippen molar-refractivity contribution in [2.24, 2.45) is 5.73 Å². The second kappa shape index (κ2) is 6.53. The topological polar surface area (TPSA) is 98.4 Å². The van der Waals surface area contributed by atoms with Gasteiger partial charge >= 0.3 is 5.97 Å². The van der Waals surface area contributed by atoms with Gasteiger partial charge < -0.3 is 15.4 Å². The number of carbonyl (C=O) groups excluding carboxylic acids is 2. The second-order valence-electron chi connectivity index (χ2n) is 3.55. The fourth-order valence-corrected chi connectivity index (χ4v) is 1.39. The molecule has 0 saturated heterocycles. The Morgan fingerprint density at radius 1 is 1.39 bits per heavy atom. The molecule has 0 bridgehead atoms. The van der Waals surface area contributed by atoms with Crippen LogP contribution >= 0.6 is 0 Å². The number of amides is 1. The first-order valence-corrected chi connectivity index (χ1v) is 5.53. The van der Waals surface area contributed by atoms with Crippen LogP contribution in [0.3, 0.4) is 0 Å². The highest BCUT2D eigenvalue weighted by Crippen LogP contribution is 2.09. The third-order valence-corrected chi connectivity index (χ3v) is 2.42. The normalized spacial score (nSPS) is 9.89. The fourth-order valence-electron chi connectivity index (χ4n) is 1.39. The first kappa shape index (κ1) is 13.9. The Morgan fingerprint density at radius 2 is 2.11 bits per heavy atom. The number of esters is 1. The van der Waals surface area contributed by atoms with E-state index in [1.807, 2.05) is 11.8 Å². The van der Waals surface area contributed by atoms with E-state index in [1.54, 1.807) is 6.07 Å². The van der Waals surface area contributed by atoms with Crippen LogP contribution in [0.2, 0.25) is 0 Å². The van der Waals surface area contributed by atoms with Crippen molar-refractivity contribution in [2.75, 3.05) is 25.1 Å². The van der Waals surface area contributed by atoms with Crippen molar-refractivity contribution >= 4 is 17.7 Å². The Balaban J connectivity index is 2.70. The number of methoxy groups -OCH3 is 1. The maximum Gasteiger partial charge on any atom is 0.307 e. The summed E-state index contributed by atoms with van der Waals surface area (Å²) in [5.41, 5.74) is 5.19. The van der Waals surface area contributed by atoms with E-state index in [-0.39, 0.29) is 18.1 Å². The summed E-state index contributed by atoms with van der Waals surface area (Å²) in [7, 11) is 1.35. The van der Waals surface area contributed by atoms with Gasteiger partial charge in [-0.15, -0.1) is 10.2 Å². The Morgan fingerprint density at radius 3 is 2.56 bits per heavy atom. The number of hydrogen-bond donors (Lipinski definition) is 1. The van der Waals surface area contributed by atoms with Gasteiger partial charge in [-0.2, -0.15) is 0 Å². The maximum atomic E-state index is 11.1. The predicted octanol–water partition coefficient (Wildman–Crippen LogP) is -0.0351. The average Bonchev–Trinajstić information content (AvgIpc) is 2.39. The van der Waals surface area contributed by atoms with E-state index >= 15 is 0 Å². The van der Waals surface area contributed by atoms with Crippen molar-refractivity contribution in [1.82, 2.24) is 10.2 Å². The van der Waals surface area contributed by atoms with E-state index in [0.717, 1.165) is 0 Å². The lowest BCUT2D eigenvalue weighted by Gasteiger charge is -2.20. The van der Waals surface area contributed by atoms with Crippen LogP contribution in [-0.4, -0.2) is 42.3 Å². The highest BCUT2D eigenvalue weighted by molar-refractivity contribution is 5.90. The molecule has 0 fully saturated rings. The molecule has 0 radical (unpaired) electrons. The molecule has 7 nitrogen and oxygen atoms in total. The number of rotatable bonds is 6. The van der Waals surface area contributed by atoms with Crippen molar-refractivity contribution in [3.8, 4) is 0 Å². The fraction of sp³-hybridized carbons (Fsp3) is 0.455. The number of hydrogen-bond acceptors (Lipinski definition) is 6. The highest BCUT2D eigenvalue weighted by atomic mass is 16.5. The smallest absolute Gasteiger partial charge is 0.307 e. The number of aromatic nitrogens is 2. The standard InChI is InChI=1S/C11H16N4O3/c1-3-15(7-6-10(16)18-2)9-5-4-8(11(12)17)13-14-9/h4-5H,3,6-7H2,1-2H3,(H2,12,17). The van der Waals surface area contributed by atoms with Gasteiger partial charge in [0.2, 0.25) is 0 Å². The van der Waals surface area contributed by atoms with Gasteiger partial charge in [0.25, 0.3) is 5.91 Å². The van der Waals surface area contributed by atoms with E-state index in [1.165, 1.54) is 13.2 Å². The highest BCUT2D eigenvalue weighted by Gasteiger charge is 2.10. The van der Waals surface area contributed by atoms with Gasteiger partial charge in [0.05, 0.1) is 13.5 Å². The molecule has 1 aromatic rings. The third kappa shape index (κ3) is 3.69. The predicted molar refractivity (Wildman–Crippen MR) is 65.1 cm³/mol. The van der Waals surface area contributed by atoms with Crippen molar-refractivity contribution < 1.29 is 14.3 Å². The maximum absolute atomic E-state index is 11.1. The molecular weight excluding hydrogens is 236 g/mol. The molecular formula is C11H16N4O3. The van der Waals surface area contributed by atoms with E-state index in [0.29, 0.717) is 18.9 Å². The van der Waals surface area contributed by atoms with Gasteiger partial charge in [-0.3, -0.25) is 9.59 Å². The van der Waals surface area contributed by atoms with Crippen LogP contribution in [0.15, 0.2) is 12.1 Å². The lowest BCUT2D eigenvalue weighted by molar-refractivity contribution is -0.140. The molecule has 0 unspecified atom stereocenters. The number of nitrogens with two attached hydrogens (primary N) is 1. The van der Waals surface area contributed by atoms with Crippen molar-refractivity contribution in [2.45, 2.75) is 13.3 Å². The van der Waals surface area contributed by atoms with Crippen molar-refractivity contribution in [3.63, 3.8) is 0 Å². The van der Waals surface area contributed by atoms with E-state index < -0.39 is 5.91 Å². The number of nitrogens with zero attached hydrogens (tertiary/aromatic N) is 3. The molecule has 0 saturated carbocycles. The SMILES string of the molecule is CCN(CCC(=O)OC)c1ccc(C(N)=O)nn1. The largest absolute Gasteiger partial charge is 0.469 e. The molecule has 1 rings (SSSR count). The molecule has 2 N–H and O–H groups in total. The molecule has 1 amide bonds. The number of ether oxygens (including phenoxy) is 1. The zero-order valence-electron chi connectivity index (χ0n) is 10.4. The summed E-state index contributed by atoms with van der Waals surface area (Å²) in [5.74, 6) is -0.312. The Bertz CT molecular complexity index is 419. The molecule has 1 aromatic heterocycles. The van der Waals surface area contributed by atoms with Gasteiger partial charge in [-0.05, 0) is 19.1 Å². The molecule has 18 heavy (non-hydrogen) atoms. The van der Waals surface area contributed by atoms with Gasteiger partial charge in [-0.1, -0.05) is 0 Å². The lowest BCUT2D eigenvalue weighted by atomic mass is 10.3. The Labute approximate surface area is 105 Å². The summed E-state index contributed by atoms with van der Waals surface area (Å²) < 4.78 is 4.57. The number of anilines is 1. The summed E-state index contributed by atoms with van der Waals surface area (Å²) in [6, 6.07) is 3.15. The van der Waals surface area contributed by atoms with Crippen LogP contribution in [0.4, 0.5) is 5.82 Å². The quantitative estimate of drug-likeness (QED) is 0.713. The van der Waals surface area contributed by atoms with Gasteiger partial charge in [-0.25, -0.2) is 0 Å². The molecule has 98 valence electrons. The molecule has 0 aliphatic heterocycles. The first-order valence-electron chi connectivity index (χ1n) is 5.53. The van der Waals surface area contributed by atoms with Crippen LogP contribution in [0.5, 0.6) is 0 Å². The average molecular weight is 252 g/mol. The van der Waals surface area contributed by atoms with E-state index in [4.69, 9.17) is 5.73 Å². The Kier molecular flexibility index (Phi) is 5.04. The summed E-state index contributed by atoms with van der Waals surface area (Å²) in [6.45, 7) is 3.08. The van der Waals surface area contributed by atoms with Crippen LogP contribution in [0.1, 0.15) is 23.8 Å². The van der Waals surface area contributed by atoms with Gasteiger partial charge in [0.15, 0.2) is 11.5 Å². The van der Waals surface area contributed by atoms with Crippen molar-refractivity contribution in [3.05, 3.63) is 17.8 Å². The minimum absolute atomic E-state index is 0.114. The molecule has 1 heterocycles. The molecule has 0 aromatic carbocycles. The second-order valence-corrected chi connectivity index (χ2v) is 3.55. The minimum Gasteiger partial charge on any atom is -0.469 e. The molecule has 0 aliphatic carbocycles. The van der Waals surface area contributed by atoms with Gasteiger partial charge in [0.1, 0.15) is 0 Å². The number of carbonyl (C=O) groups is 2. The Hall–Kier alpha value is -2.18. The zero-order chi connectivity index (χ0) is 13.5. The zero-order valence-corrected chi connectivity index (χ0v) is 10.4. The molecule has 7 heteroatoms. The summed E-state index contributed by atoms with van der Waals surface area (Å²) >= 11 is 0. The molecule has 0 aliphatic rings. The van der Waals surface area contributed by atoms with Crippen LogP contribution < -0.4 is 10.6 Å². The van der Waals surface area contributed by atoms with Crippen LogP contribution in [0, 0.1) is 0 Å². The van der Waals surface area contributed by atoms with Gasteiger partial charge in [0, 0.05) is 13.1 Å². The minimum atomic E-state index is -0.619. The monoisotopic (exact) mass is 252 g/mol. The van der Waals surface area contributed by atoms with E-state index in [2.05, 4.69) is 14.9 Å². The lowest BCUT2D eigenvalue weighted by Crippen LogP contribution is -2.27. The summed E-state index contributed by atoms with van der Waals surface area (Å²) in [6.07, 6.45) is 0.267. The molecule has 0 spiro atoms. The number of primary amides is 1. The van der Waals surface area contributed by atoms with Crippen LogP contribution in [-0.2, 0) is 9.53 Å². The summed E-state index contributed by atoms with van der Waals surface area (Å²) in [5, 5.41) is 7.61. The van der Waals surface area contributed by atoms with Crippen molar-refractivity contribution in [1.29, 1.82) is 0 Å². The van der Waals surface area contributed by atoms with E-state index in [9.17, 15) is 9.59 Å². The molecule has 0 atom stereocenters. The third-order valence-electron chi connectivity index (χ3n) is 2.42. The first-order chi connectivity index (χ1) is 8.58. The van der Waals surface area contributed by atoms with Crippen LogP contribution in [0.25, 0.3) is 0 Å². The summed E-state index contributed by atoms with van der Waals surface area (Å²) in [4.78, 5) is 23.8.